The largest absolute Gasteiger partial charge is 0.477 e. The van der Waals surface area contributed by atoms with Crippen molar-refractivity contribution in [2.24, 2.45) is 0 Å². The number of sulfone groups is 1. The highest BCUT2D eigenvalue weighted by molar-refractivity contribution is 7.90. The molecule has 0 saturated carbocycles. The number of carboxylic acid groups (broad SMARTS) is 1. The number of carboxylic acids is 1. The van der Waals surface area contributed by atoms with Crippen molar-refractivity contribution in [3.63, 3.8) is 0 Å². The Morgan fingerprint density at radius 2 is 1.81 bits per heavy atom. The number of nitro benzene ring substituents is 1. The number of benzene rings is 1. The molecular weight excluding hydrogens is 334 g/mol. The van der Waals surface area contributed by atoms with E-state index in [2.05, 4.69) is 4.18 Å². The van der Waals surface area contributed by atoms with Gasteiger partial charge in [-0.2, -0.15) is 8.42 Å². The van der Waals surface area contributed by atoms with Crippen LogP contribution < -0.4 is 4.18 Å². The van der Waals surface area contributed by atoms with Crippen LogP contribution in [0.1, 0.15) is 10.4 Å². The molecule has 0 unspecified atom stereocenters. The Hall–Kier alpha value is -2.25. The Morgan fingerprint density at radius 1 is 1.29 bits per heavy atom. The maximum Gasteiger partial charge on any atom is 0.446 e. The van der Waals surface area contributed by atoms with Gasteiger partial charge in [0.15, 0.2) is 9.84 Å². The number of aromatic carboxylic acids is 1. The Balaban J connectivity index is 3.93. The van der Waals surface area contributed by atoms with E-state index in [0.29, 0.717) is 18.4 Å². The van der Waals surface area contributed by atoms with Crippen LogP contribution in [0.4, 0.5) is 5.69 Å². The molecule has 116 valence electrons. The molecule has 0 atom stereocenters. The van der Waals surface area contributed by atoms with E-state index in [1.165, 1.54) is 0 Å². The molecule has 0 aromatic heterocycles. The quantitative estimate of drug-likeness (QED) is 0.416. The van der Waals surface area contributed by atoms with Gasteiger partial charge in [-0.15, -0.1) is 0 Å². The predicted molar refractivity (Wildman–Crippen MR) is 65.3 cm³/mol. The molecule has 21 heavy (non-hydrogen) atoms. The maximum atomic E-state index is 11.5. The summed E-state index contributed by atoms with van der Waals surface area (Å²) in [5, 5.41) is 19.7. The van der Waals surface area contributed by atoms with Gasteiger partial charge in [0.25, 0.3) is 0 Å². The van der Waals surface area contributed by atoms with Gasteiger partial charge in [0.1, 0.15) is 10.5 Å². The summed E-state index contributed by atoms with van der Waals surface area (Å²) in [6.07, 6.45) is 0.587. The molecule has 0 heterocycles. The molecule has 13 heteroatoms. The van der Waals surface area contributed by atoms with Gasteiger partial charge in [0.05, 0.1) is 4.92 Å². The maximum absolute atomic E-state index is 11.5. The first-order chi connectivity index (χ1) is 9.34. The fourth-order valence-electron chi connectivity index (χ4n) is 1.38. The van der Waals surface area contributed by atoms with Gasteiger partial charge in [-0.25, -0.2) is 13.2 Å². The number of hydrogen-bond donors (Lipinski definition) is 2. The first kappa shape index (κ1) is 16.8. The van der Waals surface area contributed by atoms with Crippen LogP contribution in [0.2, 0.25) is 0 Å². The van der Waals surface area contributed by atoms with E-state index in [1.54, 1.807) is 0 Å². The number of hydrogen-bond acceptors (Lipinski definition) is 8. The first-order valence-corrected chi connectivity index (χ1v) is 8.02. The van der Waals surface area contributed by atoms with Crippen molar-refractivity contribution in [1.82, 2.24) is 0 Å². The third-order valence-electron chi connectivity index (χ3n) is 2.10. The zero-order chi connectivity index (χ0) is 16.6. The summed E-state index contributed by atoms with van der Waals surface area (Å²) in [5.74, 6) is -3.22. The first-order valence-electron chi connectivity index (χ1n) is 4.76. The Morgan fingerprint density at radius 3 is 2.14 bits per heavy atom. The van der Waals surface area contributed by atoms with Crippen molar-refractivity contribution in [3.05, 3.63) is 27.8 Å². The van der Waals surface area contributed by atoms with Gasteiger partial charge in [-0.05, 0) is 12.1 Å². The molecule has 0 fully saturated rings. The molecule has 0 radical (unpaired) electrons. The second kappa shape index (κ2) is 5.27. The smallest absolute Gasteiger partial charge is 0.446 e. The Bertz CT molecular complexity index is 823. The molecule has 0 aliphatic rings. The minimum atomic E-state index is -5.32. The molecule has 0 amide bonds. The lowest BCUT2D eigenvalue weighted by Gasteiger charge is -2.09. The van der Waals surface area contributed by atoms with Crippen molar-refractivity contribution in [2.75, 3.05) is 6.26 Å². The molecule has 1 aromatic carbocycles. The summed E-state index contributed by atoms with van der Waals surface area (Å²) in [6.45, 7) is 0. The summed E-state index contributed by atoms with van der Waals surface area (Å²) >= 11 is 0. The van der Waals surface area contributed by atoms with Gasteiger partial charge < -0.3 is 9.29 Å². The zero-order valence-corrected chi connectivity index (χ0v) is 11.7. The van der Waals surface area contributed by atoms with Crippen LogP contribution in [0.3, 0.4) is 0 Å². The van der Waals surface area contributed by atoms with Gasteiger partial charge in [0.2, 0.25) is 5.75 Å². The monoisotopic (exact) mass is 341 g/mol. The highest BCUT2D eigenvalue weighted by Gasteiger charge is 2.34. The lowest BCUT2D eigenvalue weighted by molar-refractivity contribution is -0.386. The lowest BCUT2D eigenvalue weighted by atomic mass is 10.1. The molecule has 0 aliphatic carbocycles. The van der Waals surface area contributed by atoms with Gasteiger partial charge in [-0.1, -0.05) is 0 Å². The normalized spacial score (nSPS) is 11.9. The average Bonchev–Trinajstić information content (AvgIpc) is 2.23. The fraction of sp³-hybridized carbons (Fsp3) is 0.125. The minimum absolute atomic E-state index is 0.587. The van der Waals surface area contributed by atoms with Crippen LogP contribution in [-0.2, 0) is 20.2 Å². The van der Waals surface area contributed by atoms with Gasteiger partial charge in [-0.3, -0.25) is 14.7 Å². The molecule has 0 spiro atoms. The average molecular weight is 341 g/mol. The van der Waals surface area contributed by atoms with Crippen LogP contribution in [-0.4, -0.2) is 43.6 Å². The van der Waals surface area contributed by atoms with E-state index in [9.17, 15) is 31.7 Å². The fourth-order valence-corrected chi connectivity index (χ4v) is 2.61. The summed E-state index contributed by atoms with van der Waals surface area (Å²) in [5.41, 5.74) is -2.42. The van der Waals surface area contributed by atoms with E-state index in [4.69, 9.17) is 9.66 Å². The summed E-state index contributed by atoms with van der Waals surface area (Å²) in [6, 6.07) is 1.22. The summed E-state index contributed by atoms with van der Waals surface area (Å²) in [4.78, 5) is 19.5. The van der Waals surface area contributed by atoms with Gasteiger partial charge >= 0.3 is 22.1 Å². The second-order valence-corrected chi connectivity index (χ2v) is 6.64. The highest BCUT2D eigenvalue weighted by atomic mass is 32.3. The zero-order valence-electron chi connectivity index (χ0n) is 10.1. The van der Waals surface area contributed by atoms with Crippen molar-refractivity contribution in [3.8, 4) is 5.75 Å². The summed E-state index contributed by atoms with van der Waals surface area (Å²) in [7, 11) is -9.52. The van der Waals surface area contributed by atoms with Crippen molar-refractivity contribution in [2.45, 2.75) is 4.90 Å². The topological polar surface area (TPSA) is 178 Å². The SMILES string of the molecule is CS(=O)(=O)c1ccc(C(=O)O)c([N+](=O)[O-])c1OS(=O)(=O)O. The van der Waals surface area contributed by atoms with E-state index in [1.807, 2.05) is 0 Å². The highest BCUT2D eigenvalue weighted by Crippen LogP contribution is 2.38. The van der Waals surface area contributed by atoms with Crippen LogP contribution in [0, 0.1) is 10.1 Å². The molecule has 1 rings (SSSR count). The molecular formula is C8H7NO10S2. The lowest BCUT2D eigenvalue weighted by Crippen LogP contribution is -2.14. The van der Waals surface area contributed by atoms with Crippen LogP contribution in [0.5, 0.6) is 5.75 Å². The minimum Gasteiger partial charge on any atom is -0.477 e. The molecule has 1 aromatic rings. The predicted octanol–water partition coefficient (Wildman–Crippen LogP) is -0.122. The Labute approximate surface area is 117 Å². The van der Waals surface area contributed by atoms with Crippen molar-refractivity contribution < 1.29 is 40.4 Å². The third kappa shape index (κ3) is 3.87. The van der Waals surface area contributed by atoms with Crippen LogP contribution in [0.15, 0.2) is 17.0 Å². The number of nitrogens with zero attached hydrogens (tertiary/aromatic N) is 1. The van der Waals surface area contributed by atoms with Gasteiger partial charge in [0, 0.05) is 6.26 Å². The van der Waals surface area contributed by atoms with Crippen molar-refractivity contribution in [1.29, 1.82) is 0 Å². The van der Waals surface area contributed by atoms with Crippen molar-refractivity contribution >= 4 is 31.9 Å². The third-order valence-corrected chi connectivity index (χ3v) is 3.59. The second-order valence-electron chi connectivity index (χ2n) is 3.63. The number of carbonyl (C=O) groups is 1. The Kier molecular flexibility index (Phi) is 4.21. The van der Waals surface area contributed by atoms with E-state index in [0.717, 1.165) is 0 Å². The molecule has 11 nitrogen and oxygen atoms in total. The standard InChI is InChI=1S/C8H7NO10S2/c1-20(14,15)5-3-2-4(8(10)11)6(9(12)13)7(5)19-21(16,17)18/h2-3H,1H3,(H,10,11)(H,16,17,18). The van der Waals surface area contributed by atoms with Crippen LogP contribution >= 0.6 is 0 Å². The molecule has 2 N–H and O–H groups in total. The molecule has 0 aliphatic heterocycles. The van der Waals surface area contributed by atoms with Crippen LogP contribution in [0.25, 0.3) is 0 Å². The number of rotatable bonds is 5. The summed E-state index contributed by atoms with van der Waals surface area (Å²) < 4.78 is 56.8. The molecule has 0 saturated heterocycles. The van der Waals surface area contributed by atoms with E-state index in [-0.39, 0.29) is 0 Å². The number of nitro groups is 1. The van der Waals surface area contributed by atoms with E-state index >= 15 is 0 Å². The molecule has 0 bridgehead atoms. The van der Waals surface area contributed by atoms with E-state index < -0.39 is 53.0 Å².